The molecule has 5 nitrogen and oxygen atoms in total. The van der Waals surface area contributed by atoms with Crippen LogP contribution in [0.4, 0.5) is 0 Å². The average Bonchev–Trinajstić information content (AvgIpc) is 3.23. The van der Waals surface area contributed by atoms with Crippen LogP contribution in [0, 0.1) is 0 Å². The van der Waals surface area contributed by atoms with Gasteiger partial charge < -0.3 is 10.3 Å². The van der Waals surface area contributed by atoms with Crippen molar-refractivity contribution >= 4 is 38.5 Å². The van der Waals surface area contributed by atoms with Crippen LogP contribution in [0.15, 0.2) is 48.5 Å². The summed E-state index contributed by atoms with van der Waals surface area (Å²) in [5.74, 6) is 0.822. The zero-order valence-electron chi connectivity index (χ0n) is 13.7. The molecule has 0 saturated heterocycles. The van der Waals surface area contributed by atoms with Gasteiger partial charge in [0, 0.05) is 6.42 Å². The van der Waals surface area contributed by atoms with Gasteiger partial charge in [0.05, 0.1) is 32.8 Å². The van der Waals surface area contributed by atoms with Gasteiger partial charge in [-0.1, -0.05) is 24.3 Å². The van der Waals surface area contributed by atoms with Crippen molar-refractivity contribution in [3.63, 3.8) is 0 Å². The lowest BCUT2D eigenvalue weighted by Gasteiger charge is -2.02. The summed E-state index contributed by atoms with van der Waals surface area (Å²) < 4.78 is 1.20. The summed E-state index contributed by atoms with van der Waals surface area (Å²) in [6, 6.07) is 16.0. The lowest BCUT2D eigenvalue weighted by molar-refractivity contribution is -0.121. The van der Waals surface area contributed by atoms with E-state index < -0.39 is 0 Å². The molecule has 2 aromatic heterocycles. The number of nitrogens with zero attached hydrogens (tertiary/aromatic N) is 2. The number of amides is 1. The van der Waals surface area contributed by atoms with E-state index in [9.17, 15) is 4.79 Å². The molecular weight excluding hydrogens is 332 g/mol. The van der Waals surface area contributed by atoms with Crippen LogP contribution in [0.5, 0.6) is 0 Å². The molecule has 4 rings (SSSR count). The summed E-state index contributed by atoms with van der Waals surface area (Å²) in [7, 11) is 0. The minimum absolute atomic E-state index is 0.0431. The molecule has 0 saturated carbocycles. The Bertz CT molecular complexity index is 954. The standard InChI is InChI=1S/C19H18N4OS/c24-18(20-12-17-21-13-6-1-2-7-14(13)22-17)10-5-11-19-23-15-8-3-4-9-16(15)25-19/h1-4,6-9H,5,10-12H2,(H,20,24)(H,21,22). The second-order valence-electron chi connectivity index (χ2n) is 5.91. The van der Waals surface area contributed by atoms with Crippen molar-refractivity contribution < 1.29 is 4.79 Å². The Labute approximate surface area is 149 Å². The molecule has 0 radical (unpaired) electrons. The second kappa shape index (κ2) is 7.03. The first-order chi connectivity index (χ1) is 12.3. The fourth-order valence-corrected chi connectivity index (χ4v) is 3.80. The van der Waals surface area contributed by atoms with Crippen LogP contribution in [-0.4, -0.2) is 20.9 Å². The van der Waals surface area contributed by atoms with Gasteiger partial charge in [0.2, 0.25) is 5.91 Å². The van der Waals surface area contributed by atoms with E-state index in [0.717, 1.165) is 40.2 Å². The fraction of sp³-hybridized carbons (Fsp3) is 0.211. The van der Waals surface area contributed by atoms with Crippen LogP contribution in [0.2, 0.25) is 0 Å². The maximum absolute atomic E-state index is 12.0. The number of hydrogen-bond donors (Lipinski definition) is 2. The number of carbonyl (C=O) groups is 1. The van der Waals surface area contributed by atoms with Crippen molar-refractivity contribution in [1.82, 2.24) is 20.3 Å². The van der Waals surface area contributed by atoms with Crippen LogP contribution < -0.4 is 5.32 Å². The molecule has 6 heteroatoms. The molecule has 0 fully saturated rings. The van der Waals surface area contributed by atoms with Gasteiger partial charge in [-0.25, -0.2) is 9.97 Å². The maximum Gasteiger partial charge on any atom is 0.220 e. The van der Waals surface area contributed by atoms with Gasteiger partial charge in [-0.2, -0.15) is 0 Å². The minimum Gasteiger partial charge on any atom is -0.349 e. The van der Waals surface area contributed by atoms with Crippen molar-refractivity contribution in [1.29, 1.82) is 0 Å². The number of aryl methyl sites for hydroxylation is 1. The smallest absolute Gasteiger partial charge is 0.220 e. The summed E-state index contributed by atoms with van der Waals surface area (Å²) >= 11 is 1.70. The summed E-state index contributed by atoms with van der Waals surface area (Å²) in [5.41, 5.74) is 2.95. The number of aromatic amines is 1. The Morgan fingerprint density at radius 2 is 1.84 bits per heavy atom. The molecule has 1 amide bonds. The highest BCUT2D eigenvalue weighted by Crippen LogP contribution is 2.22. The van der Waals surface area contributed by atoms with E-state index in [4.69, 9.17) is 0 Å². The number of aromatic nitrogens is 3. The van der Waals surface area contributed by atoms with Gasteiger partial charge in [-0.3, -0.25) is 4.79 Å². The number of thiazole rings is 1. The summed E-state index contributed by atoms with van der Waals surface area (Å²) in [5, 5.41) is 4.01. The minimum atomic E-state index is 0.0431. The molecule has 0 aliphatic rings. The zero-order chi connectivity index (χ0) is 17.1. The molecule has 0 bridgehead atoms. The maximum atomic E-state index is 12.0. The first kappa shape index (κ1) is 15.8. The third-order valence-electron chi connectivity index (χ3n) is 4.02. The van der Waals surface area contributed by atoms with E-state index >= 15 is 0 Å². The number of rotatable bonds is 6. The van der Waals surface area contributed by atoms with Crippen LogP contribution in [0.3, 0.4) is 0 Å². The number of H-pyrrole nitrogens is 1. The van der Waals surface area contributed by atoms with Gasteiger partial charge in [0.25, 0.3) is 0 Å². The first-order valence-corrected chi connectivity index (χ1v) is 9.14. The largest absolute Gasteiger partial charge is 0.349 e. The van der Waals surface area contributed by atoms with Crippen LogP contribution >= 0.6 is 11.3 Å². The van der Waals surface area contributed by atoms with E-state index in [1.54, 1.807) is 11.3 Å². The topological polar surface area (TPSA) is 70.7 Å². The number of benzene rings is 2. The molecule has 4 aromatic rings. The Morgan fingerprint density at radius 1 is 1.04 bits per heavy atom. The van der Waals surface area contributed by atoms with Crippen molar-refractivity contribution in [3.05, 3.63) is 59.4 Å². The third kappa shape index (κ3) is 3.69. The average molecular weight is 350 g/mol. The van der Waals surface area contributed by atoms with E-state index in [0.29, 0.717) is 13.0 Å². The predicted octanol–water partition coefficient (Wildman–Crippen LogP) is 3.81. The molecule has 126 valence electrons. The molecule has 0 aliphatic carbocycles. The fourth-order valence-electron chi connectivity index (χ4n) is 2.79. The third-order valence-corrected chi connectivity index (χ3v) is 5.12. The van der Waals surface area contributed by atoms with Crippen molar-refractivity contribution in [2.75, 3.05) is 0 Å². The quantitative estimate of drug-likeness (QED) is 0.555. The van der Waals surface area contributed by atoms with Gasteiger partial charge in [-0.05, 0) is 37.1 Å². The van der Waals surface area contributed by atoms with Gasteiger partial charge in [0.15, 0.2) is 0 Å². The highest BCUT2D eigenvalue weighted by Gasteiger charge is 2.07. The monoisotopic (exact) mass is 350 g/mol. The number of carbonyl (C=O) groups excluding carboxylic acids is 1. The van der Waals surface area contributed by atoms with Crippen LogP contribution in [-0.2, 0) is 17.8 Å². The van der Waals surface area contributed by atoms with Crippen molar-refractivity contribution in [2.24, 2.45) is 0 Å². The normalized spacial score (nSPS) is 11.2. The summed E-state index contributed by atoms with van der Waals surface area (Å²) in [6.45, 7) is 0.425. The molecule has 0 atom stereocenters. The molecule has 0 spiro atoms. The summed E-state index contributed by atoms with van der Waals surface area (Å²) in [4.78, 5) is 24.3. The van der Waals surface area contributed by atoms with E-state index in [1.807, 2.05) is 42.5 Å². The van der Waals surface area contributed by atoms with Crippen LogP contribution in [0.25, 0.3) is 21.3 Å². The Morgan fingerprint density at radius 3 is 2.68 bits per heavy atom. The summed E-state index contributed by atoms with van der Waals surface area (Å²) in [6.07, 6.45) is 2.12. The van der Waals surface area contributed by atoms with Crippen LogP contribution in [0.1, 0.15) is 23.7 Å². The van der Waals surface area contributed by atoms with E-state index in [1.165, 1.54) is 4.70 Å². The van der Waals surface area contributed by atoms with E-state index in [2.05, 4.69) is 26.3 Å². The number of hydrogen-bond acceptors (Lipinski definition) is 4. The lowest BCUT2D eigenvalue weighted by Crippen LogP contribution is -2.23. The molecule has 2 aromatic carbocycles. The number of para-hydroxylation sites is 3. The van der Waals surface area contributed by atoms with Crippen molar-refractivity contribution in [3.8, 4) is 0 Å². The number of imidazole rings is 1. The SMILES string of the molecule is O=C(CCCc1nc2ccccc2s1)NCc1nc2ccccc2[nH]1. The first-order valence-electron chi connectivity index (χ1n) is 8.33. The number of nitrogens with one attached hydrogen (secondary N) is 2. The van der Waals surface area contributed by atoms with Gasteiger partial charge >= 0.3 is 0 Å². The van der Waals surface area contributed by atoms with Crippen molar-refractivity contribution in [2.45, 2.75) is 25.8 Å². The lowest BCUT2D eigenvalue weighted by atomic mass is 10.2. The Balaban J connectivity index is 1.26. The molecule has 2 heterocycles. The zero-order valence-corrected chi connectivity index (χ0v) is 14.5. The molecule has 25 heavy (non-hydrogen) atoms. The highest BCUT2D eigenvalue weighted by atomic mass is 32.1. The van der Waals surface area contributed by atoms with Gasteiger partial charge in [0.1, 0.15) is 5.82 Å². The highest BCUT2D eigenvalue weighted by molar-refractivity contribution is 7.18. The van der Waals surface area contributed by atoms with Gasteiger partial charge in [-0.15, -0.1) is 11.3 Å². The molecule has 2 N–H and O–H groups in total. The Hall–Kier alpha value is -2.73. The molecular formula is C19H18N4OS. The second-order valence-corrected chi connectivity index (χ2v) is 7.02. The Kier molecular flexibility index (Phi) is 4.43. The predicted molar refractivity (Wildman–Crippen MR) is 100 cm³/mol. The molecule has 0 aliphatic heterocycles. The molecule has 0 unspecified atom stereocenters. The van der Waals surface area contributed by atoms with E-state index in [-0.39, 0.29) is 5.91 Å². The number of fused-ring (bicyclic) bond motifs is 2.